The molecule has 0 aliphatic heterocycles. The van der Waals surface area contributed by atoms with Crippen LogP contribution in [0, 0.1) is 5.41 Å². The zero-order chi connectivity index (χ0) is 13.3. The van der Waals surface area contributed by atoms with Gasteiger partial charge in [0.15, 0.2) is 0 Å². The van der Waals surface area contributed by atoms with Gasteiger partial charge < -0.3 is 16.0 Å². The number of hydrogen-bond donors (Lipinski definition) is 2. The first-order valence-corrected chi connectivity index (χ1v) is 6.74. The average molecular weight is 253 g/mol. The van der Waals surface area contributed by atoms with E-state index in [1.807, 2.05) is 6.92 Å². The van der Waals surface area contributed by atoms with E-state index in [0.717, 1.165) is 32.1 Å². The molecule has 0 spiro atoms. The molecule has 2 rings (SSSR count). The highest BCUT2D eigenvalue weighted by Gasteiger charge is 2.44. The van der Waals surface area contributed by atoms with E-state index in [1.165, 1.54) is 4.90 Å². The highest BCUT2D eigenvalue weighted by atomic mass is 16.2. The summed E-state index contributed by atoms with van der Waals surface area (Å²) in [5, 5.41) is 2.89. The molecule has 18 heavy (non-hydrogen) atoms. The normalized spacial score (nSPS) is 31.2. The molecule has 5 heteroatoms. The minimum Gasteiger partial charge on any atom is -0.352 e. The third-order valence-electron chi connectivity index (χ3n) is 4.19. The fourth-order valence-electron chi connectivity index (χ4n) is 2.68. The van der Waals surface area contributed by atoms with Crippen LogP contribution in [-0.4, -0.2) is 42.4 Å². The maximum atomic E-state index is 12.4. The molecule has 0 bridgehead atoms. The van der Waals surface area contributed by atoms with Gasteiger partial charge in [-0.15, -0.1) is 0 Å². The molecule has 3 N–H and O–H groups in total. The number of rotatable bonds is 4. The smallest absolute Gasteiger partial charge is 0.239 e. The Morgan fingerprint density at radius 2 is 2.06 bits per heavy atom. The molecule has 5 nitrogen and oxygen atoms in total. The number of nitrogens with zero attached hydrogens (tertiary/aromatic N) is 1. The van der Waals surface area contributed by atoms with E-state index in [1.54, 1.807) is 7.05 Å². The lowest BCUT2D eigenvalue weighted by molar-refractivity contribution is -0.143. The minimum atomic E-state index is -0.491. The van der Waals surface area contributed by atoms with Gasteiger partial charge in [0, 0.05) is 19.1 Å². The van der Waals surface area contributed by atoms with Gasteiger partial charge in [0.05, 0.1) is 12.0 Å². The molecular weight excluding hydrogens is 230 g/mol. The predicted molar refractivity (Wildman–Crippen MR) is 68.7 cm³/mol. The van der Waals surface area contributed by atoms with Crippen LogP contribution in [0.5, 0.6) is 0 Å². The van der Waals surface area contributed by atoms with Crippen LogP contribution in [0.25, 0.3) is 0 Å². The van der Waals surface area contributed by atoms with Crippen LogP contribution >= 0.6 is 0 Å². The molecule has 2 atom stereocenters. The number of nitrogens with one attached hydrogen (secondary N) is 1. The monoisotopic (exact) mass is 253 g/mol. The first kappa shape index (κ1) is 13.3. The van der Waals surface area contributed by atoms with Crippen molar-refractivity contribution in [1.29, 1.82) is 0 Å². The van der Waals surface area contributed by atoms with E-state index < -0.39 is 5.41 Å². The molecule has 0 saturated heterocycles. The molecule has 0 radical (unpaired) electrons. The number of likely N-dealkylation sites (N-methyl/N-ethyl adjacent to an activating group) is 1. The van der Waals surface area contributed by atoms with E-state index in [9.17, 15) is 9.59 Å². The van der Waals surface area contributed by atoms with E-state index in [0.29, 0.717) is 6.04 Å². The molecule has 2 aliphatic rings. The third-order valence-corrected chi connectivity index (χ3v) is 4.19. The maximum absolute atomic E-state index is 12.4. The van der Waals surface area contributed by atoms with Gasteiger partial charge >= 0.3 is 0 Å². The predicted octanol–water partition coefficient (Wildman–Crippen LogP) is 0.241. The van der Waals surface area contributed by atoms with Crippen molar-refractivity contribution >= 4 is 11.8 Å². The minimum absolute atomic E-state index is 0.00144. The lowest BCUT2D eigenvalue weighted by Gasteiger charge is -2.32. The number of nitrogens with two attached hydrogens (primary N) is 1. The third kappa shape index (κ3) is 2.66. The Labute approximate surface area is 108 Å². The molecule has 0 aromatic rings. The van der Waals surface area contributed by atoms with Crippen molar-refractivity contribution < 1.29 is 9.59 Å². The molecule has 102 valence electrons. The van der Waals surface area contributed by atoms with Gasteiger partial charge in [-0.1, -0.05) is 6.42 Å². The van der Waals surface area contributed by atoms with Gasteiger partial charge in [0.2, 0.25) is 11.8 Å². The average Bonchev–Trinajstić information content (AvgIpc) is 3.04. The Hall–Kier alpha value is -1.10. The van der Waals surface area contributed by atoms with Crippen LogP contribution in [0.1, 0.15) is 39.0 Å². The molecular formula is C13H23N3O2. The maximum Gasteiger partial charge on any atom is 0.239 e. The fourth-order valence-corrected chi connectivity index (χ4v) is 2.68. The van der Waals surface area contributed by atoms with E-state index >= 15 is 0 Å². The van der Waals surface area contributed by atoms with Crippen LogP contribution < -0.4 is 11.1 Å². The lowest BCUT2D eigenvalue weighted by Crippen LogP contribution is -2.50. The van der Waals surface area contributed by atoms with Crippen molar-refractivity contribution in [3.8, 4) is 0 Å². The summed E-state index contributed by atoms with van der Waals surface area (Å²) in [6, 6.07) is 0.254. The Bertz CT molecular complexity index is 354. The topological polar surface area (TPSA) is 75.4 Å². The highest BCUT2D eigenvalue weighted by molar-refractivity contribution is 5.88. The summed E-state index contributed by atoms with van der Waals surface area (Å²) in [4.78, 5) is 25.6. The highest BCUT2D eigenvalue weighted by Crippen LogP contribution is 2.38. The second kappa shape index (κ2) is 4.88. The zero-order valence-corrected chi connectivity index (χ0v) is 11.2. The van der Waals surface area contributed by atoms with Gasteiger partial charge in [-0.3, -0.25) is 9.59 Å². The van der Waals surface area contributed by atoms with Crippen molar-refractivity contribution in [1.82, 2.24) is 10.2 Å². The number of hydrogen-bond acceptors (Lipinski definition) is 3. The molecule has 0 aromatic heterocycles. The van der Waals surface area contributed by atoms with E-state index in [4.69, 9.17) is 5.73 Å². The van der Waals surface area contributed by atoms with Crippen molar-refractivity contribution in [2.75, 3.05) is 13.6 Å². The Kier molecular flexibility index (Phi) is 3.61. The first-order valence-electron chi connectivity index (χ1n) is 6.74. The number of amides is 2. The van der Waals surface area contributed by atoms with Crippen molar-refractivity contribution in [3.05, 3.63) is 0 Å². The quantitative estimate of drug-likeness (QED) is 0.753. The molecule has 2 fully saturated rings. The summed E-state index contributed by atoms with van der Waals surface area (Å²) >= 11 is 0. The number of carbonyl (C=O) groups excluding carboxylic acids is 2. The van der Waals surface area contributed by atoms with Gasteiger partial charge in [0.1, 0.15) is 0 Å². The standard InChI is InChI=1S/C13H23N3O2/c1-13(7-3-4-10(13)14)12(18)16(2)8-11(17)15-9-5-6-9/h9-10H,3-8,14H2,1-2H3,(H,15,17). The summed E-state index contributed by atoms with van der Waals surface area (Å²) in [6.45, 7) is 2.06. The van der Waals surface area contributed by atoms with Gasteiger partial charge in [-0.05, 0) is 32.6 Å². The largest absolute Gasteiger partial charge is 0.352 e. The molecule has 0 heterocycles. The Morgan fingerprint density at radius 3 is 2.56 bits per heavy atom. The zero-order valence-electron chi connectivity index (χ0n) is 11.2. The van der Waals surface area contributed by atoms with Crippen LogP contribution in [0.3, 0.4) is 0 Å². The SMILES string of the molecule is CN(CC(=O)NC1CC1)C(=O)C1(C)CCCC1N. The summed E-state index contributed by atoms with van der Waals surface area (Å²) in [5.74, 6) is -0.0676. The van der Waals surface area contributed by atoms with Crippen LogP contribution in [0.2, 0.25) is 0 Å². The van der Waals surface area contributed by atoms with Crippen molar-refractivity contribution in [2.45, 2.75) is 51.1 Å². The Morgan fingerprint density at radius 1 is 1.39 bits per heavy atom. The van der Waals surface area contributed by atoms with Crippen LogP contribution in [0.15, 0.2) is 0 Å². The second-order valence-corrected chi connectivity index (χ2v) is 5.92. The number of carbonyl (C=O) groups is 2. The lowest BCUT2D eigenvalue weighted by atomic mass is 9.83. The van der Waals surface area contributed by atoms with Crippen LogP contribution in [-0.2, 0) is 9.59 Å². The first-order chi connectivity index (χ1) is 8.43. The molecule has 2 aliphatic carbocycles. The molecule has 0 aromatic carbocycles. The summed E-state index contributed by atoms with van der Waals surface area (Å²) < 4.78 is 0. The van der Waals surface area contributed by atoms with Crippen molar-refractivity contribution in [3.63, 3.8) is 0 Å². The fraction of sp³-hybridized carbons (Fsp3) is 0.846. The molecule has 2 saturated carbocycles. The van der Waals surface area contributed by atoms with Gasteiger partial charge in [-0.25, -0.2) is 0 Å². The van der Waals surface area contributed by atoms with Gasteiger partial charge in [0.25, 0.3) is 0 Å². The molecule has 2 unspecified atom stereocenters. The van der Waals surface area contributed by atoms with E-state index in [-0.39, 0.29) is 24.4 Å². The summed E-state index contributed by atoms with van der Waals surface area (Å²) in [5.41, 5.74) is 5.53. The summed E-state index contributed by atoms with van der Waals surface area (Å²) in [7, 11) is 1.69. The van der Waals surface area contributed by atoms with Crippen molar-refractivity contribution in [2.24, 2.45) is 11.1 Å². The summed E-state index contributed by atoms with van der Waals surface area (Å²) in [6.07, 6.45) is 4.83. The van der Waals surface area contributed by atoms with Crippen LogP contribution in [0.4, 0.5) is 0 Å². The second-order valence-electron chi connectivity index (χ2n) is 5.92. The van der Waals surface area contributed by atoms with Gasteiger partial charge in [-0.2, -0.15) is 0 Å². The molecule has 2 amide bonds. The Balaban J connectivity index is 1.89. The van der Waals surface area contributed by atoms with E-state index in [2.05, 4.69) is 5.32 Å².